The van der Waals surface area contributed by atoms with Crippen molar-refractivity contribution in [1.29, 1.82) is 0 Å². The molecule has 0 aromatic rings. The monoisotopic (exact) mass is 218 g/mol. The smallest absolute Gasteiger partial charge is 0.0892 e. The van der Waals surface area contributed by atoms with Crippen LogP contribution in [-0.2, 0) is 4.74 Å². The highest BCUT2D eigenvalue weighted by molar-refractivity contribution is 6.25. The Bertz CT molecular complexity index is 205. The van der Waals surface area contributed by atoms with Crippen LogP contribution in [0.5, 0.6) is 0 Å². The molecule has 14 heavy (non-hydrogen) atoms. The van der Waals surface area contributed by atoms with E-state index in [1.165, 1.54) is 0 Å². The van der Waals surface area contributed by atoms with E-state index in [9.17, 15) is 5.11 Å². The van der Waals surface area contributed by atoms with Crippen molar-refractivity contribution in [2.45, 2.75) is 37.2 Å². The highest BCUT2D eigenvalue weighted by atomic mass is 35.5. The summed E-state index contributed by atoms with van der Waals surface area (Å²) >= 11 is 6.22. The van der Waals surface area contributed by atoms with E-state index in [0.29, 0.717) is 6.61 Å². The molecule has 0 saturated carbocycles. The first-order valence-corrected chi connectivity index (χ1v) is 5.42. The van der Waals surface area contributed by atoms with Gasteiger partial charge < -0.3 is 9.84 Å². The average Bonchev–Trinajstić information content (AvgIpc) is 2.19. The molecular weight excluding hydrogens is 200 g/mol. The van der Waals surface area contributed by atoms with E-state index in [2.05, 4.69) is 6.58 Å². The normalized spacial score (nSPS) is 31.6. The Morgan fingerprint density at radius 3 is 2.64 bits per heavy atom. The number of ether oxygens (including phenoxy) is 1. The molecule has 2 nitrogen and oxygen atoms in total. The maximum Gasteiger partial charge on any atom is 0.0892 e. The number of alkyl halides is 1. The molecule has 1 rings (SSSR count). The second-order valence-corrected chi connectivity index (χ2v) is 5.13. The van der Waals surface area contributed by atoms with Crippen LogP contribution in [0, 0.1) is 5.92 Å². The van der Waals surface area contributed by atoms with E-state index in [1.54, 1.807) is 19.9 Å². The first-order valence-electron chi connectivity index (χ1n) is 5.04. The Hall–Kier alpha value is -0.0500. The van der Waals surface area contributed by atoms with E-state index in [-0.39, 0.29) is 5.92 Å². The van der Waals surface area contributed by atoms with Gasteiger partial charge in [-0.25, -0.2) is 0 Å². The highest BCUT2D eigenvalue weighted by Gasteiger charge is 2.46. The standard InChI is InChI=1S/C11H19ClO2/c1-4-10(2,12)11(3,13)9-6-5-7-14-8-9/h4,9,13H,1,5-8H2,2-3H3. The topological polar surface area (TPSA) is 29.5 Å². The van der Waals surface area contributed by atoms with Crippen molar-refractivity contribution >= 4 is 11.6 Å². The lowest BCUT2D eigenvalue weighted by Crippen LogP contribution is -2.52. The maximum atomic E-state index is 10.4. The summed E-state index contributed by atoms with van der Waals surface area (Å²) < 4.78 is 5.36. The second kappa shape index (κ2) is 4.21. The second-order valence-electron chi connectivity index (χ2n) is 4.34. The van der Waals surface area contributed by atoms with Crippen LogP contribution in [0.2, 0.25) is 0 Å². The molecule has 0 aromatic heterocycles. The number of aliphatic hydroxyl groups is 1. The van der Waals surface area contributed by atoms with Crippen molar-refractivity contribution in [3.05, 3.63) is 12.7 Å². The van der Waals surface area contributed by atoms with Crippen molar-refractivity contribution in [2.24, 2.45) is 5.92 Å². The Labute approximate surface area is 90.9 Å². The molecule has 0 spiro atoms. The first kappa shape index (κ1) is 12.0. The molecule has 1 aliphatic heterocycles. The van der Waals surface area contributed by atoms with Crippen molar-refractivity contribution in [3.8, 4) is 0 Å². The predicted molar refractivity (Wildman–Crippen MR) is 58.6 cm³/mol. The molecule has 3 unspecified atom stereocenters. The van der Waals surface area contributed by atoms with Gasteiger partial charge in [0.15, 0.2) is 0 Å². The molecule has 82 valence electrons. The van der Waals surface area contributed by atoms with Crippen LogP contribution in [0.4, 0.5) is 0 Å². The van der Waals surface area contributed by atoms with Gasteiger partial charge in [-0.15, -0.1) is 18.2 Å². The summed E-state index contributed by atoms with van der Waals surface area (Å²) in [5.41, 5.74) is -0.962. The highest BCUT2D eigenvalue weighted by Crippen LogP contribution is 2.39. The van der Waals surface area contributed by atoms with Crippen molar-refractivity contribution in [1.82, 2.24) is 0 Å². The molecule has 0 aliphatic carbocycles. The summed E-state index contributed by atoms with van der Waals surface area (Å²) in [5.74, 6) is 0.0942. The van der Waals surface area contributed by atoms with Gasteiger partial charge in [-0.05, 0) is 26.7 Å². The van der Waals surface area contributed by atoms with Gasteiger partial charge >= 0.3 is 0 Å². The summed E-state index contributed by atoms with van der Waals surface area (Å²) in [5, 5.41) is 10.4. The third-order valence-electron chi connectivity index (χ3n) is 3.33. The molecule has 1 N–H and O–H groups in total. The number of rotatable bonds is 3. The molecule has 0 bridgehead atoms. The number of hydrogen-bond acceptors (Lipinski definition) is 2. The fraction of sp³-hybridized carbons (Fsp3) is 0.818. The van der Waals surface area contributed by atoms with Gasteiger partial charge in [0.2, 0.25) is 0 Å². The van der Waals surface area contributed by atoms with E-state index < -0.39 is 10.5 Å². The van der Waals surface area contributed by atoms with Crippen molar-refractivity contribution in [2.75, 3.05) is 13.2 Å². The SMILES string of the molecule is C=CC(C)(Cl)C(C)(O)C1CCCOC1. The molecular formula is C11H19ClO2. The van der Waals surface area contributed by atoms with Gasteiger partial charge in [0.25, 0.3) is 0 Å². The Morgan fingerprint density at radius 1 is 1.57 bits per heavy atom. The van der Waals surface area contributed by atoms with Gasteiger partial charge in [-0.3, -0.25) is 0 Å². The fourth-order valence-electron chi connectivity index (χ4n) is 1.79. The van der Waals surface area contributed by atoms with E-state index >= 15 is 0 Å². The van der Waals surface area contributed by atoms with Crippen LogP contribution in [0.25, 0.3) is 0 Å². The van der Waals surface area contributed by atoms with Gasteiger partial charge in [0.05, 0.1) is 17.1 Å². The Morgan fingerprint density at radius 2 is 2.21 bits per heavy atom. The molecule has 1 fully saturated rings. The van der Waals surface area contributed by atoms with Gasteiger partial charge in [-0.1, -0.05) is 6.08 Å². The van der Waals surface area contributed by atoms with Gasteiger partial charge in [0.1, 0.15) is 0 Å². The minimum Gasteiger partial charge on any atom is -0.388 e. The van der Waals surface area contributed by atoms with Crippen LogP contribution in [0.3, 0.4) is 0 Å². The average molecular weight is 219 g/mol. The fourth-order valence-corrected chi connectivity index (χ4v) is 1.94. The maximum absolute atomic E-state index is 10.4. The summed E-state index contributed by atoms with van der Waals surface area (Å²) in [6.45, 7) is 8.59. The molecule has 0 aromatic carbocycles. The van der Waals surface area contributed by atoms with Gasteiger partial charge in [-0.2, -0.15) is 0 Å². The largest absolute Gasteiger partial charge is 0.388 e. The minimum absolute atomic E-state index is 0.0942. The zero-order chi connectivity index (χ0) is 10.8. The van der Waals surface area contributed by atoms with Crippen LogP contribution in [-0.4, -0.2) is 28.8 Å². The number of halogens is 1. The zero-order valence-electron chi connectivity index (χ0n) is 8.92. The third kappa shape index (κ3) is 2.13. The Kier molecular flexibility index (Phi) is 3.62. The van der Waals surface area contributed by atoms with Crippen LogP contribution < -0.4 is 0 Å². The van der Waals surface area contributed by atoms with Crippen molar-refractivity contribution in [3.63, 3.8) is 0 Å². The van der Waals surface area contributed by atoms with Crippen LogP contribution >= 0.6 is 11.6 Å². The molecule has 1 aliphatic rings. The zero-order valence-corrected chi connectivity index (χ0v) is 9.68. The van der Waals surface area contributed by atoms with E-state index in [0.717, 1.165) is 19.4 Å². The molecule has 1 saturated heterocycles. The summed E-state index contributed by atoms with van der Waals surface area (Å²) in [4.78, 5) is -0.793. The van der Waals surface area contributed by atoms with E-state index in [4.69, 9.17) is 16.3 Å². The lowest BCUT2D eigenvalue weighted by atomic mass is 9.76. The quantitative estimate of drug-likeness (QED) is 0.582. The minimum atomic E-state index is -0.962. The molecule has 1 heterocycles. The predicted octanol–water partition coefficient (Wildman–Crippen LogP) is 2.35. The molecule has 3 atom stereocenters. The lowest BCUT2D eigenvalue weighted by Gasteiger charge is -2.43. The molecule has 0 amide bonds. The molecule has 0 radical (unpaired) electrons. The van der Waals surface area contributed by atoms with Crippen molar-refractivity contribution < 1.29 is 9.84 Å². The number of hydrogen-bond donors (Lipinski definition) is 1. The van der Waals surface area contributed by atoms with Crippen LogP contribution in [0.15, 0.2) is 12.7 Å². The summed E-state index contributed by atoms with van der Waals surface area (Å²) in [7, 11) is 0. The molecule has 3 heteroatoms. The summed E-state index contributed by atoms with van der Waals surface area (Å²) in [6.07, 6.45) is 3.55. The first-order chi connectivity index (χ1) is 6.42. The Balaban J connectivity index is 2.76. The van der Waals surface area contributed by atoms with Crippen LogP contribution in [0.1, 0.15) is 26.7 Å². The van der Waals surface area contributed by atoms with E-state index in [1.807, 2.05) is 0 Å². The summed E-state index contributed by atoms with van der Waals surface area (Å²) in [6, 6.07) is 0. The lowest BCUT2D eigenvalue weighted by molar-refractivity contribution is -0.0802. The van der Waals surface area contributed by atoms with Gasteiger partial charge in [0, 0.05) is 12.5 Å². The third-order valence-corrected chi connectivity index (χ3v) is 3.87.